The van der Waals surface area contributed by atoms with Crippen molar-refractivity contribution in [2.24, 2.45) is 11.8 Å². The second kappa shape index (κ2) is 6.35. The van der Waals surface area contributed by atoms with E-state index in [1.54, 1.807) is 43.3 Å². The van der Waals surface area contributed by atoms with Crippen molar-refractivity contribution in [1.82, 2.24) is 10.2 Å². The molecule has 2 amide bonds. The van der Waals surface area contributed by atoms with E-state index in [9.17, 15) is 14.4 Å². The lowest BCUT2D eigenvalue weighted by atomic mass is 9.75. The number of methoxy groups -OCH3 is 1. The Hall–Kier alpha value is -2.93. The number of carbonyl (C=O) groups is 3. The summed E-state index contributed by atoms with van der Waals surface area (Å²) in [6, 6.07) is 11.8. The fraction of sp³-hybridized carbons (Fsp3) is 0.350. The lowest BCUT2D eigenvalue weighted by Crippen LogP contribution is -2.53. The zero-order valence-electron chi connectivity index (χ0n) is 15.0. The number of fused-ring (bicyclic) bond motifs is 1. The van der Waals surface area contributed by atoms with E-state index in [0.717, 1.165) is 0 Å². The molecule has 4 rings (SSSR count). The van der Waals surface area contributed by atoms with Crippen LogP contribution in [0.1, 0.15) is 24.3 Å². The number of likely N-dealkylation sites (tertiary alicyclic amines) is 1. The molecule has 1 N–H and O–H groups in total. The fourth-order valence-corrected chi connectivity index (χ4v) is 4.42. The zero-order valence-corrected chi connectivity index (χ0v) is 15.0. The fourth-order valence-electron chi connectivity index (χ4n) is 4.42. The van der Waals surface area contributed by atoms with Crippen molar-refractivity contribution >= 4 is 17.8 Å². The molecule has 0 spiro atoms. The second-order valence-electron chi connectivity index (χ2n) is 6.73. The van der Waals surface area contributed by atoms with Gasteiger partial charge in [-0.25, -0.2) is 4.79 Å². The van der Waals surface area contributed by atoms with Crippen molar-refractivity contribution in [3.05, 3.63) is 60.1 Å². The number of benzene rings is 1. The molecule has 2 aliphatic heterocycles. The van der Waals surface area contributed by atoms with Crippen LogP contribution < -0.4 is 5.32 Å². The van der Waals surface area contributed by atoms with Gasteiger partial charge >= 0.3 is 5.97 Å². The van der Waals surface area contributed by atoms with E-state index in [-0.39, 0.29) is 18.4 Å². The highest BCUT2D eigenvalue weighted by Crippen LogP contribution is 2.53. The van der Waals surface area contributed by atoms with Crippen molar-refractivity contribution in [1.29, 1.82) is 0 Å². The van der Waals surface area contributed by atoms with Crippen molar-refractivity contribution in [2.75, 3.05) is 13.7 Å². The van der Waals surface area contributed by atoms with Gasteiger partial charge in [-0.3, -0.25) is 19.8 Å². The van der Waals surface area contributed by atoms with Gasteiger partial charge in [-0.05, 0) is 24.6 Å². The van der Waals surface area contributed by atoms with E-state index >= 15 is 0 Å². The molecule has 140 valence electrons. The normalized spacial score (nSPS) is 29.9. The Balaban J connectivity index is 1.95. The van der Waals surface area contributed by atoms with E-state index in [2.05, 4.69) is 5.32 Å². The highest BCUT2D eigenvalue weighted by molar-refractivity contribution is 6.09. The van der Waals surface area contributed by atoms with E-state index in [1.807, 2.05) is 6.07 Å². The lowest BCUT2D eigenvalue weighted by molar-refractivity contribution is -0.154. The van der Waals surface area contributed by atoms with Crippen molar-refractivity contribution < 1.29 is 23.5 Å². The first kappa shape index (κ1) is 17.5. The minimum Gasteiger partial charge on any atom is -0.468 e. The Kier molecular flexibility index (Phi) is 4.11. The van der Waals surface area contributed by atoms with Crippen LogP contribution in [0.15, 0.2) is 53.1 Å². The average molecular weight is 368 g/mol. The first-order valence-electron chi connectivity index (χ1n) is 8.86. The van der Waals surface area contributed by atoms with Crippen LogP contribution >= 0.6 is 0 Å². The monoisotopic (exact) mass is 368 g/mol. The maximum Gasteiger partial charge on any atom is 0.331 e. The third-order valence-electron chi connectivity index (χ3n) is 5.55. The largest absolute Gasteiger partial charge is 0.468 e. The van der Waals surface area contributed by atoms with E-state index in [1.165, 1.54) is 18.3 Å². The van der Waals surface area contributed by atoms with Gasteiger partial charge in [0.05, 0.1) is 31.3 Å². The Morgan fingerprint density at radius 2 is 1.93 bits per heavy atom. The van der Waals surface area contributed by atoms with Crippen molar-refractivity contribution in [3.8, 4) is 0 Å². The van der Waals surface area contributed by atoms with E-state index in [0.29, 0.717) is 11.3 Å². The third kappa shape index (κ3) is 2.28. The van der Waals surface area contributed by atoms with Gasteiger partial charge in [-0.15, -0.1) is 0 Å². The molecular weight excluding hydrogens is 348 g/mol. The van der Waals surface area contributed by atoms with Gasteiger partial charge in [0.1, 0.15) is 5.76 Å². The van der Waals surface area contributed by atoms with Gasteiger partial charge in [-0.1, -0.05) is 30.3 Å². The SMILES string of the molecule is CCN1C(=O)[C@H]2[C@@H](c3ccco3)N[C@](C(=O)OC)(c3ccccc3)[C@@H]2C1=O. The summed E-state index contributed by atoms with van der Waals surface area (Å²) in [6.45, 7) is 2.00. The average Bonchev–Trinajstić information content (AvgIpc) is 3.39. The smallest absolute Gasteiger partial charge is 0.331 e. The number of hydrogen-bond donors (Lipinski definition) is 1. The number of esters is 1. The molecule has 1 aromatic heterocycles. The van der Waals surface area contributed by atoms with Crippen LogP contribution in [0.2, 0.25) is 0 Å². The maximum absolute atomic E-state index is 13.2. The maximum atomic E-state index is 13.2. The Bertz CT molecular complexity index is 879. The van der Waals surface area contributed by atoms with Gasteiger partial charge in [0.2, 0.25) is 11.8 Å². The van der Waals surface area contributed by atoms with Crippen LogP contribution in [0.25, 0.3) is 0 Å². The number of imide groups is 1. The predicted octanol–water partition coefficient (Wildman–Crippen LogP) is 1.61. The summed E-state index contributed by atoms with van der Waals surface area (Å²) in [5, 5.41) is 3.24. The van der Waals surface area contributed by atoms with Crippen LogP contribution in [0.3, 0.4) is 0 Å². The Morgan fingerprint density at radius 1 is 1.19 bits per heavy atom. The molecule has 2 saturated heterocycles. The molecule has 7 nitrogen and oxygen atoms in total. The molecule has 2 aliphatic rings. The molecule has 0 bridgehead atoms. The molecule has 2 fully saturated rings. The van der Waals surface area contributed by atoms with Gasteiger partial charge in [-0.2, -0.15) is 0 Å². The number of furan rings is 1. The minimum absolute atomic E-state index is 0.252. The van der Waals surface area contributed by atoms with Gasteiger partial charge in [0.15, 0.2) is 5.54 Å². The van der Waals surface area contributed by atoms with Crippen LogP contribution in [0.4, 0.5) is 0 Å². The zero-order chi connectivity index (χ0) is 19.2. The summed E-state index contributed by atoms with van der Waals surface area (Å²) in [5.74, 6) is -2.42. The highest BCUT2D eigenvalue weighted by atomic mass is 16.5. The number of amides is 2. The predicted molar refractivity (Wildman–Crippen MR) is 94.1 cm³/mol. The minimum atomic E-state index is -1.46. The number of rotatable bonds is 4. The molecule has 4 atom stereocenters. The van der Waals surface area contributed by atoms with Gasteiger partial charge < -0.3 is 9.15 Å². The third-order valence-corrected chi connectivity index (χ3v) is 5.55. The number of carbonyl (C=O) groups excluding carboxylic acids is 3. The molecule has 1 aromatic carbocycles. The molecule has 7 heteroatoms. The first-order chi connectivity index (χ1) is 13.1. The second-order valence-corrected chi connectivity index (χ2v) is 6.73. The van der Waals surface area contributed by atoms with Gasteiger partial charge in [0.25, 0.3) is 0 Å². The molecule has 0 saturated carbocycles. The van der Waals surface area contributed by atoms with Crippen LogP contribution in [-0.2, 0) is 24.7 Å². The van der Waals surface area contributed by atoms with E-state index < -0.39 is 29.4 Å². The molecule has 2 aromatic rings. The molecule has 0 aliphatic carbocycles. The number of ether oxygens (including phenoxy) is 1. The number of nitrogens with one attached hydrogen (secondary N) is 1. The summed E-state index contributed by atoms with van der Waals surface area (Å²) in [7, 11) is 1.28. The quantitative estimate of drug-likeness (QED) is 0.652. The number of nitrogens with zero attached hydrogens (tertiary/aromatic N) is 1. The highest BCUT2D eigenvalue weighted by Gasteiger charge is 2.69. The summed E-state index contributed by atoms with van der Waals surface area (Å²) in [4.78, 5) is 40.5. The Labute approximate surface area is 156 Å². The molecular formula is C20H20N2O5. The summed E-state index contributed by atoms with van der Waals surface area (Å²) >= 11 is 0. The summed E-state index contributed by atoms with van der Waals surface area (Å²) < 4.78 is 10.6. The van der Waals surface area contributed by atoms with Crippen LogP contribution in [-0.4, -0.2) is 36.3 Å². The van der Waals surface area contributed by atoms with Crippen molar-refractivity contribution in [2.45, 2.75) is 18.5 Å². The van der Waals surface area contributed by atoms with E-state index in [4.69, 9.17) is 9.15 Å². The lowest BCUT2D eigenvalue weighted by Gasteiger charge is -2.32. The summed E-state index contributed by atoms with van der Waals surface area (Å²) in [6.07, 6.45) is 1.51. The molecule has 0 radical (unpaired) electrons. The first-order valence-corrected chi connectivity index (χ1v) is 8.86. The molecule has 0 unspecified atom stereocenters. The number of hydrogen-bond acceptors (Lipinski definition) is 6. The molecule has 3 heterocycles. The van der Waals surface area contributed by atoms with Crippen LogP contribution in [0, 0.1) is 11.8 Å². The van der Waals surface area contributed by atoms with Crippen molar-refractivity contribution in [3.63, 3.8) is 0 Å². The molecule has 27 heavy (non-hydrogen) atoms. The summed E-state index contributed by atoms with van der Waals surface area (Å²) in [5.41, 5.74) is -0.880. The van der Waals surface area contributed by atoms with Crippen LogP contribution in [0.5, 0.6) is 0 Å². The topological polar surface area (TPSA) is 88.8 Å². The standard InChI is InChI=1S/C20H20N2O5/c1-3-22-17(23)14-15(18(22)24)20(19(25)26-2,12-8-5-4-6-9-12)21-16(14)13-10-7-11-27-13/h4-11,14-16,21H,3H2,1-2H3/t14-,15+,16-,20-/m1/s1. The van der Waals surface area contributed by atoms with Gasteiger partial charge in [0, 0.05) is 6.54 Å². The Morgan fingerprint density at radius 3 is 2.52 bits per heavy atom.